The van der Waals surface area contributed by atoms with Gasteiger partial charge in [0.05, 0.1) is 39.9 Å². The molecule has 3 atom stereocenters. The van der Waals surface area contributed by atoms with E-state index in [1.54, 1.807) is 6.08 Å². The molecule has 3 N–H and O–H groups in total. The summed E-state index contributed by atoms with van der Waals surface area (Å²) in [6.07, 6.45) is 83.9. The monoisotopic (exact) mass is 1100 g/mol. The number of hydrogen-bond donors (Lipinski definition) is 3. The van der Waals surface area contributed by atoms with Crippen molar-refractivity contribution in [3.05, 3.63) is 97.2 Å². The van der Waals surface area contributed by atoms with Crippen molar-refractivity contribution in [1.29, 1.82) is 0 Å². The number of carbonyl (C=O) groups is 1. The van der Waals surface area contributed by atoms with Crippen LogP contribution in [0.25, 0.3) is 0 Å². The van der Waals surface area contributed by atoms with E-state index < -0.39 is 20.0 Å². The predicted octanol–water partition coefficient (Wildman–Crippen LogP) is 20.2. The Morgan fingerprint density at radius 3 is 1.19 bits per heavy atom. The fourth-order valence-corrected chi connectivity index (χ4v) is 9.80. The van der Waals surface area contributed by atoms with Gasteiger partial charge in [-0.25, -0.2) is 4.57 Å². The third-order valence-electron chi connectivity index (χ3n) is 14.0. The second-order valence-electron chi connectivity index (χ2n) is 22.7. The molecule has 0 aliphatic rings. The Hall–Kier alpha value is -2.58. The number of aliphatic hydroxyl groups excluding tert-OH is 1. The number of phosphoric acid groups is 1. The van der Waals surface area contributed by atoms with Crippen molar-refractivity contribution in [3.63, 3.8) is 0 Å². The molecule has 0 aliphatic heterocycles. The smallest absolute Gasteiger partial charge is 0.387 e. The molecule has 0 fully saturated rings. The van der Waals surface area contributed by atoms with Crippen LogP contribution in [0.1, 0.15) is 277 Å². The van der Waals surface area contributed by atoms with E-state index in [1.165, 1.54) is 180 Å². The normalized spacial score (nSPS) is 14.4. The summed E-state index contributed by atoms with van der Waals surface area (Å²) < 4.78 is 23.7. The summed E-state index contributed by atoms with van der Waals surface area (Å²) >= 11 is 0. The number of quaternary nitrogens is 1. The molecular formula is C68H124N2O6P+. The van der Waals surface area contributed by atoms with Crippen molar-refractivity contribution in [2.24, 2.45) is 0 Å². The van der Waals surface area contributed by atoms with E-state index in [9.17, 15) is 19.4 Å². The van der Waals surface area contributed by atoms with E-state index >= 15 is 0 Å². The molecule has 0 aromatic rings. The first-order chi connectivity index (χ1) is 37.5. The zero-order valence-corrected chi connectivity index (χ0v) is 51.8. The van der Waals surface area contributed by atoms with Gasteiger partial charge in [0.15, 0.2) is 0 Å². The molecule has 8 nitrogen and oxygen atoms in total. The average molecular weight is 1100 g/mol. The Bertz CT molecular complexity index is 1570. The van der Waals surface area contributed by atoms with Gasteiger partial charge in [-0.1, -0.05) is 284 Å². The van der Waals surface area contributed by atoms with E-state index in [0.29, 0.717) is 17.4 Å². The third kappa shape index (κ3) is 60.9. The molecular weight excluding hydrogens is 972 g/mol. The summed E-state index contributed by atoms with van der Waals surface area (Å²) in [4.78, 5) is 23.3. The summed E-state index contributed by atoms with van der Waals surface area (Å²) in [6.45, 7) is 4.70. The number of likely N-dealkylation sites (N-methyl/N-ethyl adjacent to an activating group) is 1. The molecule has 1 amide bonds. The molecule has 0 saturated heterocycles. The number of carbonyl (C=O) groups excluding carboxylic acids is 1. The van der Waals surface area contributed by atoms with Crippen LogP contribution in [0.15, 0.2) is 97.2 Å². The van der Waals surface area contributed by atoms with Crippen LogP contribution >= 0.6 is 7.82 Å². The molecule has 0 rings (SSSR count). The lowest BCUT2D eigenvalue weighted by Gasteiger charge is -2.25. The molecule has 0 saturated carbocycles. The van der Waals surface area contributed by atoms with Crippen molar-refractivity contribution >= 4 is 13.7 Å². The van der Waals surface area contributed by atoms with Crippen LogP contribution in [0.3, 0.4) is 0 Å². The predicted molar refractivity (Wildman–Crippen MR) is 336 cm³/mol. The van der Waals surface area contributed by atoms with Crippen LogP contribution < -0.4 is 5.32 Å². The van der Waals surface area contributed by atoms with Crippen LogP contribution in [-0.4, -0.2) is 73.4 Å². The Labute approximate surface area is 477 Å². The first kappa shape index (κ1) is 74.4. The Morgan fingerprint density at radius 2 is 0.792 bits per heavy atom. The third-order valence-corrected chi connectivity index (χ3v) is 15.0. The van der Waals surface area contributed by atoms with Crippen LogP contribution in [0.4, 0.5) is 0 Å². The van der Waals surface area contributed by atoms with E-state index in [0.717, 1.165) is 77.0 Å². The minimum atomic E-state index is -4.36. The van der Waals surface area contributed by atoms with Crippen LogP contribution in [-0.2, 0) is 18.4 Å². The van der Waals surface area contributed by atoms with Crippen molar-refractivity contribution in [2.75, 3.05) is 40.9 Å². The number of rotatable bonds is 58. The topological polar surface area (TPSA) is 105 Å². The van der Waals surface area contributed by atoms with Gasteiger partial charge < -0.3 is 19.8 Å². The standard InChI is InChI=1S/C68H123N2O6P/c1-6-8-10-12-14-16-18-20-22-24-26-27-28-29-30-31-32-33-34-35-36-37-38-39-40-41-42-43-44-46-48-50-52-54-56-58-60-62-68(72)69-66(65-76-77(73,74)75-64-63-70(3,4)5)67(71)61-59-57-55-53-51-49-47-45-25-23-21-19-17-15-13-11-9-7-2/h8,10,14,16,20,22,26-27,29-30,32-33,51,53,59,61,66-67,71H,6-7,9,11-13,15,17-19,21,23-25,28,31,34-50,52,54-58,60,62-65H2,1-5H3,(H-,69,72,73,74)/p+1/b10-8-,16-14-,22-20-,27-26-,30-29-,33-32-,53-51+,61-59+. The summed E-state index contributed by atoms with van der Waals surface area (Å²) in [5.41, 5.74) is 0. The summed E-state index contributed by atoms with van der Waals surface area (Å²) in [7, 11) is 1.55. The maximum atomic E-state index is 13.0. The summed E-state index contributed by atoms with van der Waals surface area (Å²) in [5.74, 6) is -0.186. The Balaban J connectivity index is 4.06. The summed E-state index contributed by atoms with van der Waals surface area (Å²) in [5, 5.41) is 13.9. The van der Waals surface area contributed by atoms with Crippen molar-refractivity contribution in [2.45, 2.75) is 289 Å². The SMILES string of the molecule is CC/C=C\C/C=C\C/C=C\C/C=C\C/C=C\C/C=C\CCCCCCCCCCCCCCCCCCCCC(=O)NC(COP(=O)(O)OCC[N+](C)(C)C)C(O)/C=C/CC/C=C/CCCCCCCCCCCCCC. The van der Waals surface area contributed by atoms with Crippen molar-refractivity contribution < 1.29 is 32.9 Å². The largest absolute Gasteiger partial charge is 0.472 e. The van der Waals surface area contributed by atoms with Crippen LogP contribution in [0.5, 0.6) is 0 Å². The lowest BCUT2D eigenvalue weighted by atomic mass is 10.0. The van der Waals surface area contributed by atoms with Crippen molar-refractivity contribution in [1.82, 2.24) is 5.32 Å². The minimum Gasteiger partial charge on any atom is -0.387 e. The van der Waals surface area contributed by atoms with Gasteiger partial charge in [0, 0.05) is 6.42 Å². The molecule has 0 bridgehead atoms. The van der Waals surface area contributed by atoms with Crippen molar-refractivity contribution in [3.8, 4) is 0 Å². The molecule has 0 aromatic carbocycles. The summed E-state index contributed by atoms with van der Waals surface area (Å²) in [6, 6.07) is -0.867. The van der Waals surface area contributed by atoms with Gasteiger partial charge in [0.2, 0.25) is 5.91 Å². The van der Waals surface area contributed by atoms with Gasteiger partial charge in [-0.15, -0.1) is 0 Å². The highest BCUT2D eigenvalue weighted by Crippen LogP contribution is 2.43. The quantitative estimate of drug-likeness (QED) is 0.0243. The van der Waals surface area contributed by atoms with E-state index in [-0.39, 0.29) is 19.1 Å². The first-order valence-electron chi connectivity index (χ1n) is 32.1. The molecule has 77 heavy (non-hydrogen) atoms. The number of unbranched alkanes of at least 4 members (excludes halogenated alkanes) is 31. The average Bonchev–Trinajstić information content (AvgIpc) is 3.39. The van der Waals surface area contributed by atoms with E-state index in [1.807, 2.05) is 27.2 Å². The van der Waals surface area contributed by atoms with Gasteiger partial charge >= 0.3 is 7.82 Å². The lowest BCUT2D eigenvalue weighted by Crippen LogP contribution is -2.45. The van der Waals surface area contributed by atoms with Crippen LogP contribution in [0.2, 0.25) is 0 Å². The number of nitrogens with zero attached hydrogens (tertiary/aromatic N) is 1. The van der Waals surface area contributed by atoms with Gasteiger partial charge in [0.25, 0.3) is 0 Å². The first-order valence-corrected chi connectivity index (χ1v) is 33.6. The molecule has 0 aliphatic carbocycles. The highest BCUT2D eigenvalue weighted by Gasteiger charge is 2.27. The number of allylic oxidation sites excluding steroid dienone is 15. The fourth-order valence-electron chi connectivity index (χ4n) is 9.06. The highest BCUT2D eigenvalue weighted by atomic mass is 31.2. The number of aliphatic hydroxyl groups is 1. The number of amides is 1. The fraction of sp³-hybridized carbons (Fsp3) is 0.750. The maximum absolute atomic E-state index is 13.0. The van der Waals surface area contributed by atoms with Gasteiger partial charge in [0.1, 0.15) is 13.2 Å². The van der Waals surface area contributed by atoms with Crippen LogP contribution in [0, 0.1) is 0 Å². The molecule has 3 unspecified atom stereocenters. The van der Waals surface area contributed by atoms with Gasteiger partial charge in [-0.05, 0) is 83.5 Å². The molecule has 0 heterocycles. The second kappa shape index (κ2) is 58.1. The minimum absolute atomic E-state index is 0.0542. The number of nitrogens with one attached hydrogen (secondary N) is 1. The molecule has 0 spiro atoms. The zero-order valence-electron chi connectivity index (χ0n) is 50.9. The number of hydrogen-bond acceptors (Lipinski definition) is 5. The molecule has 446 valence electrons. The number of phosphoric ester groups is 1. The molecule has 0 aromatic heterocycles. The van der Waals surface area contributed by atoms with Gasteiger partial charge in [-0.2, -0.15) is 0 Å². The molecule has 9 heteroatoms. The lowest BCUT2D eigenvalue weighted by molar-refractivity contribution is -0.870. The highest BCUT2D eigenvalue weighted by molar-refractivity contribution is 7.47. The van der Waals surface area contributed by atoms with E-state index in [4.69, 9.17) is 9.05 Å². The Morgan fingerprint density at radius 1 is 0.455 bits per heavy atom. The second-order valence-corrected chi connectivity index (χ2v) is 24.2. The molecule has 0 radical (unpaired) electrons. The maximum Gasteiger partial charge on any atom is 0.472 e. The van der Waals surface area contributed by atoms with Gasteiger partial charge in [-0.3, -0.25) is 13.8 Å². The van der Waals surface area contributed by atoms with E-state index in [2.05, 4.69) is 104 Å². The Kier molecular flexibility index (Phi) is 56.1. The zero-order chi connectivity index (χ0) is 56.3.